The summed E-state index contributed by atoms with van der Waals surface area (Å²) in [5, 5.41) is 9.58. The van der Waals surface area contributed by atoms with Crippen molar-refractivity contribution in [3.63, 3.8) is 0 Å². The van der Waals surface area contributed by atoms with E-state index >= 15 is 0 Å². The molecule has 32 heavy (non-hydrogen) atoms. The molecule has 0 spiro atoms. The molecule has 170 valence electrons. The maximum atomic E-state index is 9.58. The summed E-state index contributed by atoms with van der Waals surface area (Å²) in [7, 11) is 4.91. The molecular weight excluding hydrogens is 412 g/mol. The van der Waals surface area contributed by atoms with Crippen LogP contribution in [-0.2, 0) is 25.4 Å². The van der Waals surface area contributed by atoms with Gasteiger partial charge in [0.1, 0.15) is 35.7 Å². The zero-order chi connectivity index (χ0) is 22.4. The van der Waals surface area contributed by atoms with Crippen molar-refractivity contribution in [1.82, 2.24) is 0 Å². The molecule has 1 aliphatic carbocycles. The average molecular weight is 440 g/mol. The van der Waals surface area contributed by atoms with Gasteiger partial charge in [-0.05, 0) is 24.3 Å². The highest BCUT2D eigenvalue weighted by molar-refractivity contribution is 5.76. The van der Waals surface area contributed by atoms with Gasteiger partial charge in [0, 0.05) is 42.1 Å². The zero-order valence-electron chi connectivity index (χ0n) is 18.7. The second kappa shape index (κ2) is 8.13. The minimum absolute atomic E-state index is 0.0317. The summed E-state index contributed by atoms with van der Waals surface area (Å²) >= 11 is 0. The number of fused-ring (bicyclic) bond motifs is 6. The summed E-state index contributed by atoms with van der Waals surface area (Å²) in [6.07, 6.45) is 6.14. The van der Waals surface area contributed by atoms with E-state index in [1.54, 1.807) is 21.3 Å². The van der Waals surface area contributed by atoms with Gasteiger partial charge in [0.15, 0.2) is 17.6 Å². The first-order chi connectivity index (χ1) is 15.6. The van der Waals surface area contributed by atoms with Crippen LogP contribution in [0.15, 0.2) is 53.2 Å². The molecule has 3 heterocycles. The van der Waals surface area contributed by atoms with E-state index in [2.05, 4.69) is 0 Å². The number of benzene rings is 1. The Bertz CT molecular complexity index is 1050. The SMILES string of the molecule is COC1=CC2=CC(C=C1OC)C1=C(OC)c3ccc4c(c3OC1CO2)CC(C(C)CO)O4. The Balaban J connectivity index is 1.61. The molecular formula is C25H28O7. The highest BCUT2D eigenvalue weighted by Crippen LogP contribution is 2.49. The van der Waals surface area contributed by atoms with Gasteiger partial charge in [-0.2, -0.15) is 0 Å². The Morgan fingerprint density at radius 3 is 2.59 bits per heavy atom. The lowest BCUT2D eigenvalue weighted by atomic mass is 9.87. The van der Waals surface area contributed by atoms with Crippen LogP contribution in [0, 0.1) is 11.8 Å². The van der Waals surface area contributed by atoms with Crippen molar-refractivity contribution in [2.24, 2.45) is 11.8 Å². The molecule has 0 aromatic heterocycles. The lowest BCUT2D eigenvalue weighted by Crippen LogP contribution is -2.32. The number of aliphatic hydroxyl groups is 1. The molecule has 0 radical (unpaired) electrons. The number of rotatable bonds is 5. The monoisotopic (exact) mass is 440 g/mol. The molecule has 4 atom stereocenters. The maximum absolute atomic E-state index is 9.58. The maximum Gasteiger partial charge on any atom is 0.164 e. The molecule has 0 fully saturated rings. The lowest BCUT2D eigenvalue weighted by molar-refractivity contribution is 0.109. The van der Waals surface area contributed by atoms with Crippen LogP contribution < -0.4 is 9.47 Å². The Morgan fingerprint density at radius 1 is 1.06 bits per heavy atom. The molecule has 1 aromatic rings. The van der Waals surface area contributed by atoms with Gasteiger partial charge >= 0.3 is 0 Å². The van der Waals surface area contributed by atoms with Crippen LogP contribution in [0.4, 0.5) is 0 Å². The van der Waals surface area contributed by atoms with Crippen molar-refractivity contribution in [3.8, 4) is 11.5 Å². The van der Waals surface area contributed by atoms with Crippen LogP contribution in [0.3, 0.4) is 0 Å². The zero-order valence-corrected chi connectivity index (χ0v) is 18.7. The molecule has 5 rings (SSSR count). The largest absolute Gasteiger partial charge is 0.496 e. The van der Waals surface area contributed by atoms with Crippen molar-refractivity contribution in [3.05, 3.63) is 64.3 Å². The van der Waals surface area contributed by atoms with Crippen molar-refractivity contribution < 1.29 is 33.5 Å². The Labute approximate surface area is 187 Å². The van der Waals surface area contributed by atoms with Gasteiger partial charge in [-0.3, -0.25) is 0 Å². The number of hydrogen-bond acceptors (Lipinski definition) is 7. The fraction of sp³-hybridized carbons (Fsp3) is 0.440. The first kappa shape index (κ1) is 20.8. The van der Waals surface area contributed by atoms with E-state index in [4.69, 9.17) is 28.4 Å². The summed E-state index contributed by atoms with van der Waals surface area (Å²) in [5.74, 6) is 4.17. The molecule has 7 nitrogen and oxygen atoms in total. The number of ether oxygens (including phenoxy) is 6. The Hall–Kier alpha value is -3.06. The second-order valence-corrected chi connectivity index (χ2v) is 8.39. The normalized spacial score (nSPS) is 26.3. The van der Waals surface area contributed by atoms with E-state index in [1.165, 1.54) is 0 Å². The third kappa shape index (κ3) is 3.23. The molecule has 0 saturated heterocycles. The summed E-state index contributed by atoms with van der Waals surface area (Å²) in [6.45, 7) is 2.40. The fourth-order valence-electron chi connectivity index (χ4n) is 4.78. The minimum atomic E-state index is -0.330. The predicted octanol–water partition coefficient (Wildman–Crippen LogP) is 3.34. The van der Waals surface area contributed by atoms with E-state index in [0.29, 0.717) is 30.3 Å². The average Bonchev–Trinajstić information content (AvgIpc) is 3.09. The molecule has 3 aliphatic heterocycles. The molecule has 4 aliphatic rings. The Morgan fingerprint density at radius 2 is 1.88 bits per heavy atom. The van der Waals surface area contributed by atoms with E-state index < -0.39 is 0 Å². The molecule has 4 unspecified atom stereocenters. The van der Waals surface area contributed by atoms with Crippen molar-refractivity contribution in [2.45, 2.75) is 25.6 Å². The highest BCUT2D eigenvalue weighted by Gasteiger charge is 2.40. The first-order valence-electron chi connectivity index (χ1n) is 10.8. The van der Waals surface area contributed by atoms with Gasteiger partial charge < -0.3 is 33.5 Å². The molecule has 1 aromatic carbocycles. The van der Waals surface area contributed by atoms with Crippen molar-refractivity contribution in [2.75, 3.05) is 34.5 Å². The molecule has 1 N–H and O–H groups in total. The van der Waals surface area contributed by atoms with Crippen molar-refractivity contribution in [1.29, 1.82) is 0 Å². The Kier molecular flexibility index (Phi) is 5.29. The van der Waals surface area contributed by atoms with Crippen LogP contribution >= 0.6 is 0 Å². The van der Waals surface area contributed by atoms with E-state index in [9.17, 15) is 5.11 Å². The van der Waals surface area contributed by atoms with Gasteiger partial charge in [0.05, 0.1) is 26.9 Å². The third-order valence-corrected chi connectivity index (χ3v) is 6.53. The summed E-state index contributed by atoms with van der Waals surface area (Å²) in [5.41, 5.74) is 2.89. The third-order valence-electron chi connectivity index (χ3n) is 6.53. The summed E-state index contributed by atoms with van der Waals surface area (Å²) < 4.78 is 35.8. The van der Waals surface area contributed by atoms with Crippen LogP contribution in [0.25, 0.3) is 5.76 Å². The first-order valence-corrected chi connectivity index (χ1v) is 10.8. The molecule has 7 heteroatoms. The molecule has 0 saturated carbocycles. The van der Waals surface area contributed by atoms with E-state index in [1.807, 2.05) is 37.3 Å². The number of hydrogen-bond donors (Lipinski definition) is 1. The van der Waals surface area contributed by atoms with E-state index in [-0.39, 0.29) is 30.7 Å². The van der Waals surface area contributed by atoms with Crippen LogP contribution in [0.1, 0.15) is 18.1 Å². The van der Waals surface area contributed by atoms with Gasteiger partial charge in [-0.1, -0.05) is 6.92 Å². The molecule has 0 amide bonds. The highest BCUT2D eigenvalue weighted by atomic mass is 16.5. The van der Waals surface area contributed by atoms with Crippen LogP contribution in [-0.4, -0.2) is 51.9 Å². The van der Waals surface area contributed by atoms with E-state index in [0.717, 1.165) is 34.0 Å². The summed E-state index contributed by atoms with van der Waals surface area (Å²) in [4.78, 5) is 0. The number of methoxy groups -OCH3 is 3. The predicted molar refractivity (Wildman–Crippen MR) is 117 cm³/mol. The van der Waals surface area contributed by atoms with Crippen LogP contribution in [0.5, 0.6) is 11.5 Å². The standard InChI is InChI=1S/C25H28O7/c1-13(11-26)19-10-17-18(31-19)6-5-16-24(17)32-22-12-30-15-7-14(23(22)25(16)29-4)8-20(27-2)21(9-15)28-3/h5-9,13-14,19,22,26H,10-12H2,1-4H3. The van der Waals surface area contributed by atoms with Gasteiger partial charge in [-0.25, -0.2) is 0 Å². The number of allylic oxidation sites excluding steroid dienone is 3. The minimum Gasteiger partial charge on any atom is -0.496 e. The topological polar surface area (TPSA) is 75.6 Å². The second-order valence-electron chi connectivity index (χ2n) is 8.39. The lowest BCUT2D eigenvalue weighted by Gasteiger charge is -2.32. The smallest absolute Gasteiger partial charge is 0.164 e. The van der Waals surface area contributed by atoms with Gasteiger partial charge in [0.2, 0.25) is 0 Å². The number of aliphatic hydroxyl groups excluding tert-OH is 1. The van der Waals surface area contributed by atoms with Crippen molar-refractivity contribution >= 4 is 5.76 Å². The fourth-order valence-corrected chi connectivity index (χ4v) is 4.78. The summed E-state index contributed by atoms with van der Waals surface area (Å²) in [6, 6.07) is 3.94. The van der Waals surface area contributed by atoms with Crippen LogP contribution in [0.2, 0.25) is 0 Å². The molecule has 2 bridgehead atoms. The van der Waals surface area contributed by atoms with Gasteiger partial charge in [0.25, 0.3) is 0 Å². The quantitative estimate of drug-likeness (QED) is 0.753. The van der Waals surface area contributed by atoms with Gasteiger partial charge in [-0.15, -0.1) is 0 Å².